The number of carbonyl (C=O) groups is 2. The van der Waals surface area contributed by atoms with Crippen molar-refractivity contribution in [1.29, 1.82) is 0 Å². The Morgan fingerprint density at radius 2 is 2.21 bits per heavy atom. The molecule has 0 saturated carbocycles. The molecule has 0 aliphatic carbocycles. The van der Waals surface area contributed by atoms with Crippen molar-refractivity contribution in [2.24, 2.45) is 5.92 Å². The number of carbonyl (C=O) groups excluding carboxylic acids is 2. The summed E-state index contributed by atoms with van der Waals surface area (Å²) in [6, 6.07) is 1.80. The Morgan fingerprint density at radius 3 is 2.79 bits per heavy atom. The summed E-state index contributed by atoms with van der Waals surface area (Å²) >= 11 is 3.39. The summed E-state index contributed by atoms with van der Waals surface area (Å²) in [5.74, 6) is 0.104. The summed E-state index contributed by atoms with van der Waals surface area (Å²) in [5, 5.41) is 0. The number of likely N-dealkylation sites (tertiary alicyclic amines) is 1. The van der Waals surface area contributed by atoms with Crippen LogP contribution in [0.5, 0.6) is 0 Å². The molecule has 0 aromatic carbocycles. The van der Waals surface area contributed by atoms with Gasteiger partial charge in [0.25, 0.3) is 5.91 Å². The largest absolute Gasteiger partial charge is 0.342 e. The van der Waals surface area contributed by atoms with Crippen LogP contribution in [-0.2, 0) is 11.3 Å². The summed E-state index contributed by atoms with van der Waals surface area (Å²) in [4.78, 5) is 25.8. The Labute approximate surface area is 121 Å². The highest BCUT2D eigenvalue weighted by atomic mass is 79.9. The van der Waals surface area contributed by atoms with Crippen molar-refractivity contribution < 1.29 is 9.59 Å². The molecule has 0 spiro atoms. The van der Waals surface area contributed by atoms with Crippen molar-refractivity contribution in [2.45, 2.75) is 39.7 Å². The van der Waals surface area contributed by atoms with Crippen molar-refractivity contribution in [3.05, 3.63) is 22.4 Å². The molecule has 1 fully saturated rings. The van der Waals surface area contributed by atoms with Crippen LogP contribution < -0.4 is 0 Å². The van der Waals surface area contributed by atoms with Gasteiger partial charge in [0.05, 0.1) is 0 Å². The number of hydrogen-bond acceptors (Lipinski definition) is 2. The Kier molecular flexibility index (Phi) is 4.45. The quantitative estimate of drug-likeness (QED) is 0.798. The molecule has 0 radical (unpaired) electrons. The first-order valence-corrected chi connectivity index (χ1v) is 7.56. The van der Waals surface area contributed by atoms with Crippen LogP contribution in [0.3, 0.4) is 0 Å². The minimum Gasteiger partial charge on any atom is -0.342 e. The van der Waals surface area contributed by atoms with Gasteiger partial charge in [0.2, 0.25) is 5.91 Å². The molecule has 2 rings (SSSR count). The summed E-state index contributed by atoms with van der Waals surface area (Å²) in [5.41, 5.74) is 0.596. The van der Waals surface area contributed by atoms with Gasteiger partial charge in [-0.05, 0) is 34.3 Å². The van der Waals surface area contributed by atoms with E-state index in [9.17, 15) is 9.59 Å². The van der Waals surface area contributed by atoms with Crippen molar-refractivity contribution in [2.75, 3.05) is 6.54 Å². The smallest absolute Gasteiger partial charge is 0.277 e. The molecule has 1 saturated heterocycles. The lowest BCUT2D eigenvalue weighted by atomic mass is 10.1. The first-order valence-electron chi connectivity index (χ1n) is 6.77. The molecule has 1 unspecified atom stereocenters. The molecular formula is C14H19BrN2O2. The number of aromatic nitrogens is 1. The van der Waals surface area contributed by atoms with Crippen LogP contribution in [0.1, 0.15) is 43.6 Å². The fourth-order valence-corrected chi connectivity index (χ4v) is 2.93. The topological polar surface area (TPSA) is 42.3 Å². The highest BCUT2D eigenvalue weighted by Crippen LogP contribution is 2.24. The lowest BCUT2D eigenvalue weighted by Gasteiger charge is -2.16. The summed E-state index contributed by atoms with van der Waals surface area (Å²) in [6.45, 7) is 5.47. The van der Waals surface area contributed by atoms with Crippen LogP contribution >= 0.6 is 15.9 Å². The van der Waals surface area contributed by atoms with E-state index in [-0.39, 0.29) is 11.8 Å². The van der Waals surface area contributed by atoms with Crippen molar-refractivity contribution in [3.8, 4) is 0 Å². The fourth-order valence-electron chi connectivity index (χ4n) is 2.47. The number of aryl methyl sites for hydroxylation is 1. The van der Waals surface area contributed by atoms with Crippen LogP contribution in [0.4, 0.5) is 0 Å². The molecule has 0 N–H and O–H groups in total. The van der Waals surface area contributed by atoms with E-state index in [2.05, 4.69) is 29.8 Å². The molecule has 1 atom stereocenters. The molecule has 1 aromatic heterocycles. The number of nitrogens with zero attached hydrogens (tertiary/aromatic N) is 2. The van der Waals surface area contributed by atoms with E-state index in [0.717, 1.165) is 23.9 Å². The van der Waals surface area contributed by atoms with Gasteiger partial charge >= 0.3 is 0 Å². The van der Waals surface area contributed by atoms with Crippen LogP contribution in [0.2, 0.25) is 0 Å². The van der Waals surface area contributed by atoms with Gasteiger partial charge in [-0.25, -0.2) is 0 Å². The predicted octanol–water partition coefficient (Wildman–Crippen LogP) is 3.06. The van der Waals surface area contributed by atoms with E-state index >= 15 is 0 Å². The number of hydrogen-bond donors (Lipinski definition) is 0. The van der Waals surface area contributed by atoms with Crippen molar-refractivity contribution in [1.82, 2.24) is 9.47 Å². The van der Waals surface area contributed by atoms with Gasteiger partial charge in [0.15, 0.2) is 0 Å². The average molecular weight is 327 g/mol. The zero-order valence-electron chi connectivity index (χ0n) is 11.4. The Bertz CT molecular complexity index is 496. The molecule has 2 heterocycles. The van der Waals surface area contributed by atoms with E-state index < -0.39 is 0 Å². The highest BCUT2D eigenvalue weighted by molar-refractivity contribution is 9.10. The van der Waals surface area contributed by atoms with Crippen LogP contribution in [0.25, 0.3) is 0 Å². The third kappa shape index (κ3) is 2.91. The maximum atomic E-state index is 12.5. The molecule has 1 aliphatic heterocycles. The third-order valence-electron chi connectivity index (χ3n) is 3.57. The monoisotopic (exact) mass is 326 g/mol. The van der Waals surface area contributed by atoms with E-state index in [1.54, 1.807) is 6.07 Å². The maximum absolute atomic E-state index is 12.5. The first-order chi connectivity index (χ1) is 9.06. The third-order valence-corrected chi connectivity index (χ3v) is 4.01. The number of amides is 2. The van der Waals surface area contributed by atoms with Crippen LogP contribution in [0, 0.1) is 5.92 Å². The molecule has 1 aliphatic rings. The molecule has 4 nitrogen and oxygen atoms in total. The van der Waals surface area contributed by atoms with E-state index in [4.69, 9.17) is 0 Å². The molecular weight excluding hydrogens is 308 g/mol. The molecule has 104 valence electrons. The second kappa shape index (κ2) is 5.90. The van der Waals surface area contributed by atoms with Crippen molar-refractivity contribution in [3.63, 3.8) is 0 Å². The molecule has 5 heteroatoms. The fraction of sp³-hybridized carbons (Fsp3) is 0.571. The van der Waals surface area contributed by atoms with Gasteiger partial charge in [0, 0.05) is 30.2 Å². The minimum atomic E-state index is -0.167. The second-order valence-electron chi connectivity index (χ2n) is 5.02. The van der Waals surface area contributed by atoms with Crippen LogP contribution in [-0.4, -0.2) is 27.8 Å². The van der Waals surface area contributed by atoms with Gasteiger partial charge in [-0.2, -0.15) is 0 Å². The maximum Gasteiger partial charge on any atom is 0.277 e. The first kappa shape index (κ1) is 14.3. The second-order valence-corrected chi connectivity index (χ2v) is 5.94. The van der Waals surface area contributed by atoms with Gasteiger partial charge < -0.3 is 4.57 Å². The standard InChI is InChI=1S/C14H19BrN2O2/c1-3-5-16-9-11(15)7-12(16)14(19)17-8-10(4-2)6-13(17)18/h7,9-10H,3-6,8H2,1-2H3. The number of imide groups is 1. The zero-order chi connectivity index (χ0) is 14.0. The summed E-state index contributed by atoms with van der Waals surface area (Å²) in [7, 11) is 0. The Morgan fingerprint density at radius 1 is 1.47 bits per heavy atom. The summed E-state index contributed by atoms with van der Waals surface area (Å²) in [6.07, 6.45) is 4.29. The highest BCUT2D eigenvalue weighted by Gasteiger charge is 2.34. The van der Waals surface area contributed by atoms with Gasteiger partial charge in [0.1, 0.15) is 5.69 Å². The van der Waals surface area contributed by atoms with Crippen molar-refractivity contribution >= 4 is 27.7 Å². The normalized spacial score (nSPS) is 19.2. The Hall–Kier alpha value is -1.10. The molecule has 2 amide bonds. The zero-order valence-corrected chi connectivity index (χ0v) is 12.9. The summed E-state index contributed by atoms with van der Waals surface area (Å²) < 4.78 is 2.79. The lowest BCUT2D eigenvalue weighted by molar-refractivity contribution is -0.125. The average Bonchev–Trinajstić information content (AvgIpc) is 2.92. The predicted molar refractivity (Wildman–Crippen MR) is 76.9 cm³/mol. The van der Waals surface area contributed by atoms with E-state index in [1.807, 2.05) is 10.8 Å². The van der Waals surface area contributed by atoms with Gasteiger partial charge in [-0.1, -0.05) is 20.3 Å². The van der Waals surface area contributed by atoms with Gasteiger partial charge in [-0.3, -0.25) is 14.5 Å². The van der Waals surface area contributed by atoms with E-state index in [1.165, 1.54) is 4.90 Å². The molecule has 1 aromatic rings. The minimum absolute atomic E-state index is 0.0442. The molecule has 19 heavy (non-hydrogen) atoms. The van der Waals surface area contributed by atoms with Gasteiger partial charge in [-0.15, -0.1) is 0 Å². The number of halogens is 1. The molecule has 0 bridgehead atoms. The van der Waals surface area contributed by atoms with Crippen LogP contribution in [0.15, 0.2) is 16.7 Å². The Balaban J connectivity index is 2.22. The lowest BCUT2D eigenvalue weighted by Crippen LogP contribution is -2.33. The number of rotatable bonds is 4. The van der Waals surface area contributed by atoms with E-state index in [0.29, 0.717) is 24.6 Å². The SMILES string of the molecule is CCCn1cc(Br)cc1C(=O)N1CC(CC)CC1=O.